The Balaban J connectivity index is 1.98. The lowest BCUT2D eigenvalue weighted by atomic mass is 10.1. The molecule has 172 valence electrons. The molecule has 0 aromatic heterocycles. The zero-order chi connectivity index (χ0) is 23.9. The third-order valence-corrected chi connectivity index (χ3v) is 3.88. The van der Waals surface area contributed by atoms with Crippen molar-refractivity contribution in [2.24, 2.45) is 5.73 Å². The molecule has 0 spiro atoms. The molecule has 12 heteroatoms. The molecule has 0 atom stereocenters. The molecule has 0 aliphatic carbocycles. The first-order valence-corrected chi connectivity index (χ1v) is 8.98. The maximum Gasteiger partial charge on any atom is 0.573 e. The molecule has 0 saturated carbocycles. The van der Waals surface area contributed by atoms with Crippen molar-refractivity contribution >= 4 is 23.4 Å². The van der Waals surface area contributed by atoms with Crippen LogP contribution in [0.5, 0.6) is 17.2 Å². The number of carbonyl (C=O) groups is 3. The number of primary amides is 1. The summed E-state index contributed by atoms with van der Waals surface area (Å²) in [6.07, 6.45) is -4.82. The third kappa shape index (κ3) is 7.38. The van der Waals surface area contributed by atoms with Crippen molar-refractivity contribution in [2.75, 3.05) is 32.6 Å². The molecule has 0 unspecified atom stereocenters. The minimum atomic E-state index is -4.82. The van der Waals surface area contributed by atoms with Gasteiger partial charge in [-0.1, -0.05) is 0 Å². The maximum absolute atomic E-state index is 12.6. The SMILES string of the molecule is COc1cc(C(=O)N(C)CC(=O)Nc2ccc(OC(F)(F)F)cc2)ccc1OCC(N)=O. The van der Waals surface area contributed by atoms with Crippen molar-refractivity contribution < 1.29 is 41.8 Å². The molecular weight excluding hydrogens is 435 g/mol. The van der Waals surface area contributed by atoms with Crippen molar-refractivity contribution in [3.63, 3.8) is 0 Å². The number of hydrogen-bond acceptors (Lipinski definition) is 6. The van der Waals surface area contributed by atoms with E-state index in [2.05, 4.69) is 10.1 Å². The lowest BCUT2D eigenvalue weighted by Crippen LogP contribution is -2.34. The summed E-state index contributed by atoms with van der Waals surface area (Å²) in [6.45, 7) is -0.699. The zero-order valence-electron chi connectivity index (χ0n) is 17.1. The number of nitrogens with one attached hydrogen (secondary N) is 1. The number of ether oxygens (including phenoxy) is 3. The quantitative estimate of drug-likeness (QED) is 0.598. The number of anilines is 1. The van der Waals surface area contributed by atoms with Gasteiger partial charge in [-0.05, 0) is 42.5 Å². The summed E-state index contributed by atoms with van der Waals surface area (Å²) in [4.78, 5) is 36.8. The second kappa shape index (κ2) is 10.4. The number of hydrogen-bond donors (Lipinski definition) is 2. The number of carbonyl (C=O) groups excluding carboxylic acids is 3. The predicted octanol–water partition coefficient (Wildman–Crippen LogP) is 2.17. The van der Waals surface area contributed by atoms with E-state index in [9.17, 15) is 27.6 Å². The smallest absolute Gasteiger partial charge is 0.493 e. The van der Waals surface area contributed by atoms with E-state index in [1.165, 1.54) is 44.5 Å². The first-order valence-electron chi connectivity index (χ1n) is 8.98. The van der Waals surface area contributed by atoms with Crippen LogP contribution >= 0.6 is 0 Å². The van der Waals surface area contributed by atoms with Gasteiger partial charge in [0.1, 0.15) is 5.75 Å². The van der Waals surface area contributed by atoms with E-state index in [4.69, 9.17) is 15.2 Å². The van der Waals surface area contributed by atoms with E-state index in [1.54, 1.807) is 0 Å². The molecule has 0 heterocycles. The van der Waals surface area contributed by atoms with Gasteiger partial charge in [-0.3, -0.25) is 14.4 Å². The lowest BCUT2D eigenvalue weighted by molar-refractivity contribution is -0.274. The van der Waals surface area contributed by atoms with Gasteiger partial charge in [0.15, 0.2) is 18.1 Å². The molecule has 0 bridgehead atoms. The number of rotatable bonds is 9. The van der Waals surface area contributed by atoms with Crippen LogP contribution in [0.1, 0.15) is 10.4 Å². The molecule has 0 saturated heterocycles. The Hall–Kier alpha value is -3.96. The van der Waals surface area contributed by atoms with Crippen LogP contribution < -0.4 is 25.3 Å². The molecule has 3 N–H and O–H groups in total. The molecular formula is C20H20F3N3O6. The Bertz CT molecular complexity index is 980. The summed E-state index contributed by atoms with van der Waals surface area (Å²) in [5.74, 6) is -1.79. The Kier molecular flexibility index (Phi) is 7.88. The number of benzene rings is 2. The number of nitrogens with two attached hydrogens (primary N) is 1. The van der Waals surface area contributed by atoms with E-state index in [1.807, 2.05) is 0 Å². The van der Waals surface area contributed by atoms with E-state index in [-0.39, 0.29) is 35.9 Å². The van der Waals surface area contributed by atoms with Gasteiger partial charge in [0.2, 0.25) is 5.91 Å². The van der Waals surface area contributed by atoms with Crippen molar-refractivity contribution in [2.45, 2.75) is 6.36 Å². The molecule has 9 nitrogen and oxygen atoms in total. The van der Waals surface area contributed by atoms with Gasteiger partial charge in [0.25, 0.3) is 11.8 Å². The summed E-state index contributed by atoms with van der Waals surface area (Å²) >= 11 is 0. The second-order valence-electron chi connectivity index (χ2n) is 6.40. The van der Waals surface area contributed by atoms with Gasteiger partial charge in [-0.25, -0.2) is 0 Å². The monoisotopic (exact) mass is 455 g/mol. The molecule has 3 amide bonds. The van der Waals surface area contributed by atoms with Crippen molar-refractivity contribution in [1.82, 2.24) is 4.90 Å². The molecule has 2 aromatic rings. The Morgan fingerprint density at radius 1 is 1.06 bits per heavy atom. The van der Waals surface area contributed by atoms with Gasteiger partial charge in [-0.15, -0.1) is 13.2 Å². The fourth-order valence-corrected chi connectivity index (χ4v) is 2.52. The predicted molar refractivity (Wildman–Crippen MR) is 106 cm³/mol. The number of alkyl halides is 3. The highest BCUT2D eigenvalue weighted by molar-refractivity contribution is 5.99. The van der Waals surface area contributed by atoms with Crippen LogP contribution in [0.4, 0.5) is 18.9 Å². The number of amides is 3. The van der Waals surface area contributed by atoms with Crippen molar-refractivity contribution in [1.29, 1.82) is 0 Å². The van der Waals surface area contributed by atoms with E-state index in [0.29, 0.717) is 0 Å². The Morgan fingerprint density at radius 2 is 1.72 bits per heavy atom. The van der Waals surface area contributed by atoms with E-state index in [0.717, 1.165) is 17.0 Å². The third-order valence-electron chi connectivity index (χ3n) is 3.88. The molecule has 2 rings (SSSR count). The molecule has 0 fully saturated rings. The van der Waals surface area contributed by atoms with Crippen LogP contribution in [0.15, 0.2) is 42.5 Å². The van der Waals surface area contributed by atoms with Crippen LogP contribution in [0.2, 0.25) is 0 Å². The summed E-state index contributed by atoms with van der Waals surface area (Å²) in [5, 5.41) is 2.47. The summed E-state index contributed by atoms with van der Waals surface area (Å²) < 4.78 is 50.6. The molecule has 0 aliphatic heterocycles. The largest absolute Gasteiger partial charge is 0.573 e. The first kappa shape index (κ1) is 24.3. The average molecular weight is 455 g/mol. The lowest BCUT2D eigenvalue weighted by Gasteiger charge is -2.18. The first-order chi connectivity index (χ1) is 15.0. The number of halogens is 3. The molecule has 0 radical (unpaired) electrons. The average Bonchev–Trinajstić information content (AvgIpc) is 2.71. The van der Waals surface area contributed by atoms with Gasteiger partial charge in [0.05, 0.1) is 13.7 Å². The van der Waals surface area contributed by atoms with Crippen LogP contribution in [0, 0.1) is 0 Å². The van der Waals surface area contributed by atoms with Crippen molar-refractivity contribution in [3.8, 4) is 17.2 Å². The van der Waals surface area contributed by atoms with E-state index >= 15 is 0 Å². The maximum atomic E-state index is 12.6. The van der Waals surface area contributed by atoms with Crippen LogP contribution in [-0.2, 0) is 9.59 Å². The van der Waals surface area contributed by atoms with Gasteiger partial charge >= 0.3 is 6.36 Å². The zero-order valence-corrected chi connectivity index (χ0v) is 17.1. The highest BCUT2D eigenvalue weighted by atomic mass is 19.4. The minimum absolute atomic E-state index is 0.191. The van der Waals surface area contributed by atoms with Crippen molar-refractivity contribution in [3.05, 3.63) is 48.0 Å². The van der Waals surface area contributed by atoms with Crippen LogP contribution in [0.25, 0.3) is 0 Å². The van der Waals surface area contributed by atoms with Gasteiger partial charge in [-0.2, -0.15) is 0 Å². The number of likely N-dealkylation sites (N-methyl/N-ethyl adjacent to an activating group) is 1. The fourth-order valence-electron chi connectivity index (χ4n) is 2.52. The fraction of sp³-hybridized carbons (Fsp3) is 0.250. The number of nitrogens with zero attached hydrogens (tertiary/aromatic N) is 1. The van der Waals surface area contributed by atoms with Crippen LogP contribution in [0.3, 0.4) is 0 Å². The Morgan fingerprint density at radius 3 is 2.28 bits per heavy atom. The minimum Gasteiger partial charge on any atom is -0.493 e. The highest BCUT2D eigenvalue weighted by Gasteiger charge is 2.31. The van der Waals surface area contributed by atoms with Crippen LogP contribution in [-0.4, -0.2) is 56.3 Å². The Labute approximate surface area is 180 Å². The summed E-state index contributed by atoms with van der Waals surface area (Å²) in [5.41, 5.74) is 5.45. The normalized spacial score (nSPS) is 10.8. The van der Waals surface area contributed by atoms with E-state index < -0.39 is 29.8 Å². The van der Waals surface area contributed by atoms with Gasteiger partial charge < -0.3 is 30.2 Å². The summed E-state index contributed by atoms with van der Waals surface area (Å²) in [6, 6.07) is 8.79. The summed E-state index contributed by atoms with van der Waals surface area (Å²) in [7, 11) is 2.75. The standard InChI is InChI=1S/C20H20F3N3O6/c1-26(10-18(28)25-13-4-6-14(7-5-13)32-20(21,22)23)19(29)12-3-8-15(16(9-12)30-2)31-11-17(24)27/h3-9H,10-11H2,1-2H3,(H2,24,27)(H,25,28). The molecule has 0 aliphatic rings. The van der Waals surface area contributed by atoms with Gasteiger partial charge in [0, 0.05) is 18.3 Å². The number of methoxy groups -OCH3 is 1. The highest BCUT2D eigenvalue weighted by Crippen LogP contribution is 2.28. The molecule has 2 aromatic carbocycles. The molecule has 32 heavy (non-hydrogen) atoms. The topological polar surface area (TPSA) is 120 Å². The second-order valence-corrected chi connectivity index (χ2v) is 6.40.